The van der Waals surface area contributed by atoms with Gasteiger partial charge < -0.3 is 9.72 Å². The molecule has 29 heavy (non-hydrogen) atoms. The van der Waals surface area contributed by atoms with E-state index >= 15 is 0 Å². The van der Waals surface area contributed by atoms with Crippen molar-refractivity contribution in [1.82, 2.24) is 14.9 Å². The molecule has 3 heterocycles. The first-order valence-electron chi connectivity index (χ1n) is 9.48. The lowest BCUT2D eigenvalue weighted by molar-refractivity contribution is 0.0173. The van der Waals surface area contributed by atoms with Gasteiger partial charge in [0.05, 0.1) is 0 Å². The third-order valence-electron chi connectivity index (χ3n) is 4.73. The fourth-order valence-corrected chi connectivity index (χ4v) is 4.88. The molecule has 2 atom stereocenters. The van der Waals surface area contributed by atoms with Gasteiger partial charge in [0.25, 0.3) is 0 Å². The molecule has 1 aliphatic rings. The van der Waals surface area contributed by atoms with Crippen LogP contribution in [0.1, 0.15) is 42.1 Å². The number of nitrogens with zero attached hydrogens (tertiary/aromatic N) is 2. The number of carbonyl (C=O) groups excluding carboxylic acids is 2. The first-order valence-corrected chi connectivity index (χ1v) is 10.5. The van der Waals surface area contributed by atoms with Crippen LogP contribution in [0, 0.1) is 0 Å². The fraction of sp³-hybridized carbons (Fsp3) is 0.318. The Morgan fingerprint density at radius 3 is 2.72 bits per heavy atom. The van der Waals surface area contributed by atoms with Crippen LogP contribution in [0.4, 0.5) is 4.79 Å². The Morgan fingerprint density at radius 1 is 1.21 bits per heavy atom. The van der Waals surface area contributed by atoms with Gasteiger partial charge in [0.1, 0.15) is 17.0 Å². The van der Waals surface area contributed by atoms with Crippen molar-refractivity contribution in [2.45, 2.75) is 37.8 Å². The van der Waals surface area contributed by atoms with Gasteiger partial charge in [-0.1, -0.05) is 24.3 Å². The molecule has 0 saturated carbocycles. The Bertz CT molecular complexity index is 1040. The number of aromatic nitrogens is 2. The topological polar surface area (TPSA) is 75.3 Å². The molecular formula is C22H23N3O3S. The van der Waals surface area contributed by atoms with E-state index in [1.165, 1.54) is 0 Å². The van der Waals surface area contributed by atoms with Crippen molar-refractivity contribution >= 4 is 34.5 Å². The normalized spacial score (nSPS) is 19.5. The molecular weight excluding hydrogens is 386 g/mol. The summed E-state index contributed by atoms with van der Waals surface area (Å²) in [4.78, 5) is 35.5. The summed E-state index contributed by atoms with van der Waals surface area (Å²) in [6.45, 7) is 5.47. The molecule has 150 valence electrons. The van der Waals surface area contributed by atoms with E-state index in [0.717, 1.165) is 16.5 Å². The number of benzene rings is 1. The first-order chi connectivity index (χ1) is 13.8. The Balaban J connectivity index is 1.71. The number of hydrogen-bond donors (Lipinski definition) is 1. The van der Waals surface area contributed by atoms with Crippen LogP contribution < -0.4 is 0 Å². The molecule has 0 radical (unpaired) electrons. The van der Waals surface area contributed by atoms with E-state index in [-0.39, 0.29) is 11.2 Å². The van der Waals surface area contributed by atoms with Gasteiger partial charge in [-0.05, 0) is 32.9 Å². The zero-order chi connectivity index (χ0) is 20.6. The van der Waals surface area contributed by atoms with Crippen molar-refractivity contribution < 1.29 is 14.3 Å². The molecule has 7 heteroatoms. The minimum atomic E-state index is -0.655. The highest BCUT2D eigenvalue weighted by molar-refractivity contribution is 7.99. The molecule has 1 aromatic carbocycles. The standard InChI is InChI=1S/C22H23N3O3S/c1-22(2,3)28-21(27)25-18(13-29-20(25)14-7-6-10-23-11-14)19(26)16-12-24-17-9-5-4-8-15(16)17/h4-12,18,20,24H,13H2,1-3H3/t18-,20-/m0/s1. The molecule has 1 amide bonds. The SMILES string of the molecule is CC(C)(C)OC(=O)N1[C@H](C(=O)c2c[nH]c3ccccc23)CS[C@H]1c1cccnc1. The summed E-state index contributed by atoms with van der Waals surface area (Å²) in [6, 6.07) is 10.8. The van der Waals surface area contributed by atoms with Crippen LogP contribution in [0.5, 0.6) is 0 Å². The van der Waals surface area contributed by atoms with E-state index in [9.17, 15) is 9.59 Å². The maximum absolute atomic E-state index is 13.5. The lowest BCUT2D eigenvalue weighted by Crippen LogP contribution is -2.45. The van der Waals surface area contributed by atoms with Crippen LogP contribution in [-0.4, -0.2) is 44.1 Å². The Morgan fingerprint density at radius 2 is 2.00 bits per heavy atom. The number of fused-ring (bicyclic) bond motifs is 1. The second kappa shape index (κ2) is 7.55. The summed E-state index contributed by atoms with van der Waals surface area (Å²) in [5.74, 6) is 0.407. The predicted octanol–water partition coefficient (Wildman–Crippen LogP) is 4.80. The van der Waals surface area contributed by atoms with Crippen molar-refractivity contribution in [3.05, 3.63) is 66.1 Å². The Hall–Kier alpha value is -2.80. The van der Waals surface area contributed by atoms with Gasteiger partial charge in [-0.2, -0.15) is 0 Å². The van der Waals surface area contributed by atoms with Gasteiger partial charge >= 0.3 is 6.09 Å². The van der Waals surface area contributed by atoms with Crippen LogP contribution in [0.3, 0.4) is 0 Å². The minimum absolute atomic E-state index is 0.0906. The van der Waals surface area contributed by atoms with Crippen molar-refractivity contribution in [2.75, 3.05) is 5.75 Å². The monoisotopic (exact) mass is 409 g/mol. The number of hydrogen-bond acceptors (Lipinski definition) is 5. The number of nitrogens with one attached hydrogen (secondary N) is 1. The molecule has 0 aliphatic carbocycles. The number of Topliss-reactive ketones (excluding diaryl/α,β-unsaturated/α-hetero) is 1. The number of pyridine rings is 1. The van der Waals surface area contributed by atoms with Crippen LogP contribution in [-0.2, 0) is 4.74 Å². The number of rotatable bonds is 3. The van der Waals surface area contributed by atoms with Gasteiger partial charge in [-0.15, -0.1) is 11.8 Å². The van der Waals surface area contributed by atoms with E-state index in [2.05, 4.69) is 9.97 Å². The number of ether oxygens (including phenoxy) is 1. The van der Waals surface area contributed by atoms with Crippen molar-refractivity contribution in [2.24, 2.45) is 0 Å². The third kappa shape index (κ3) is 3.87. The van der Waals surface area contributed by atoms with Gasteiger partial charge in [-0.3, -0.25) is 14.7 Å². The highest BCUT2D eigenvalue weighted by Gasteiger charge is 2.44. The maximum atomic E-state index is 13.5. The molecule has 6 nitrogen and oxygen atoms in total. The molecule has 0 unspecified atom stereocenters. The molecule has 1 aliphatic heterocycles. The van der Waals surface area contributed by atoms with Crippen LogP contribution in [0.2, 0.25) is 0 Å². The van der Waals surface area contributed by atoms with Crippen molar-refractivity contribution in [3.63, 3.8) is 0 Å². The summed E-state index contributed by atoms with van der Waals surface area (Å²) < 4.78 is 5.65. The summed E-state index contributed by atoms with van der Waals surface area (Å²) in [5, 5.41) is 0.536. The fourth-order valence-electron chi connectivity index (χ4n) is 3.48. The zero-order valence-electron chi connectivity index (χ0n) is 16.6. The lowest BCUT2D eigenvalue weighted by atomic mass is 10.0. The number of para-hydroxylation sites is 1. The Kier molecular flexibility index (Phi) is 5.08. The average molecular weight is 410 g/mol. The summed E-state index contributed by atoms with van der Waals surface area (Å²) in [5.41, 5.74) is 1.70. The van der Waals surface area contributed by atoms with E-state index in [1.807, 2.05) is 57.2 Å². The number of amides is 1. The van der Waals surface area contributed by atoms with Crippen LogP contribution in [0.15, 0.2) is 55.0 Å². The smallest absolute Gasteiger partial charge is 0.412 e. The number of carbonyl (C=O) groups is 2. The number of H-pyrrole nitrogens is 1. The molecule has 1 N–H and O–H groups in total. The highest BCUT2D eigenvalue weighted by atomic mass is 32.2. The number of ketones is 1. The second-order valence-corrected chi connectivity index (χ2v) is 9.10. The maximum Gasteiger partial charge on any atom is 0.412 e. The second-order valence-electron chi connectivity index (χ2n) is 7.99. The first kappa shape index (κ1) is 19.5. The average Bonchev–Trinajstić information content (AvgIpc) is 3.31. The summed E-state index contributed by atoms with van der Waals surface area (Å²) in [6.07, 6.45) is 4.65. The van der Waals surface area contributed by atoms with Crippen LogP contribution in [0.25, 0.3) is 10.9 Å². The number of aromatic amines is 1. The summed E-state index contributed by atoms with van der Waals surface area (Å²) in [7, 11) is 0. The van der Waals surface area contributed by atoms with Gasteiger partial charge in [0.15, 0.2) is 5.78 Å². The quantitative estimate of drug-likeness (QED) is 0.629. The van der Waals surface area contributed by atoms with Gasteiger partial charge in [-0.25, -0.2) is 4.79 Å². The molecule has 0 spiro atoms. The van der Waals surface area contributed by atoms with Gasteiger partial charge in [0.2, 0.25) is 0 Å². The molecule has 2 aromatic heterocycles. The van der Waals surface area contributed by atoms with E-state index in [0.29, 0.717) is 11.3 Å². The lowest BCUT2D eigenvalue weighted by Gasteiger charge is -2.31. The van der Waals surface area contributed by atoms with Crippen LogP contribution >= 0.6 is 11.8 Å². The highest BCUT2D eigenvalue weighted by Crippen LogP contribution is 2.43. The molecule has 3 aromatic rings. The van der Waals surface area contributed by atoms with E-state index in [4.69, 9.17) is 4.74 Å². The van der Waals surface area contributed by atoms with Crippen molar-refractivity contribution in [3.8, 4) is 0 Å². The predicted molar refractivity (Wildman–Crippen MR) is 114 cm³/mol. The minimum Gasteiger partial charge on any atom is -0.444 e. The van der Waals surface area contributed by atoms with E-state index in [1.54, 1.807) is 35.3 Å². The largest absolute Gasteiger partial charge is 0.444 e. The van der Waals surface area contributed by atoms with Gasteiger partial charge in [0, 0.05) is 46.4 Å². The Labute approximate surface area is 173 Å². The van der Waals surface area contributed by atoms with Crippen molar-refractivity contribution in [1.29, 1.82) is 0 Å². The third-order valence-corrected chi connectivity index (χ3v) is 6.05. The summed E-state index contributed by atoms with van der Waals surface area (Å²) >= 11 is 1.55. The molecule has 4 rings (SSSR count). The number of thioether (sulfide) groups is 1. The zero-order valence-corrected chi connectivity index (χ0v) is 17.4. The molecule has 1 saturated heterocycles. The molecule has 0 bridgehead atoms. The van der Waals surface area contributed by atoms with E-state index < -0.39 is 17.7 Å². The molecule has 1 fully saturated rings.